The Kier molecular flexibility index (Phi) is 9.90. The molecular weight excluding hydrogens is 256 g/mol. The van der Waals surface area contributed by atoms with Gasteiger partial charge in [0.1, 0.15) is 0 Å². The van der Waals surface area contributed by atoms with Crippen LogP contribution >= 0.6 is 0 Å². The third-order valence-corrected chi connectivity index (χ3v) is 4.12. The number of amides is 1. The van der Waals surface area contributed by atoms with Crippen molar-refractivity contribution in [3.05, 3.63) is 0 Å². The molecule has 0 aromatic carbocycles. The van der Waals surface area contributed by atoms with Gasteiger partial charge in [0.25, 0.3) is 0 Å². The van der Waals surface area contributed by atoms with Gasteiger partial charge in [-0.3, -0.25) is 4.79 Å². The second-order valence-corrected chi connectivity index (χ2v) is 6.30. The molecule has 0 radical (unpaired) electrons. The first-order valence-corrected chi connectivity index (χ1v) is 8.00. The summed E-state index contributed by atoms with van der Waals surface area (Å²) in [5.74, 6) is 0.300. The number of hydrogen-bond donors (Lipinski definition) is 2. The van der Waals surface area contributed by atoms with Gasteiger partial charge in [-0.2, -0.15) is 0 Å². The molecule has 0 rings (SSSR count). The fourth-order valence-electron chi connectivity index (χ4n) is 1.35. The molecule has 0 heterocycles. The highest BCUT2D eigenvalue weighted by Gasteiger charge is 2.08. The highest BCUT2D eigenvalue weighted by Crippen LogP contribution is 1.92. The van der Waals surface area contributed by atoms with Gasteiger partial charge >= 0.3 is 0 Å². The molecule has 108 valence electrons. The Morgan fingerprint density at radius 2 is 1.89 bits per heavy atom. The predicted octanol–water partition coefficient (Wildman–Crippen LogP) is -0.446. The minimum atomic E-state index is -2.93. The van der Waals surface area contributed by atoms with Gasteiger partial charge in [0.15, 0.2) is 9.84 Å². The number of hydrogen-bond acceptors (Lipinski definition) is 5. The van der Waals surface area contributed by atoms with Crippen LogP contribution < -0.4 is 10.6 Å². The van der Waals surface area contributed by atoms with E-state index in [-0.39, 0.29) is 17.4 Å². The van der Waals surface area contributed by atoms with Crippen LogP contribution in [0.1, 0.15) is 19.8 Å². The Morgan fingerprint density at radius 1 is 1.17 bits per heavy atom. The molecule has 18 heavy (non-hydrogen) atoms. The van der Waals surface area contributed by atoms with Gasteiger partial charge in [0, 0.05) is 38.9 Å². The lowest BCUT2D eigenvalue weighted by atomic mass is 10.4. The number of nitrogens with one attached hydrogen (secondary N) is 2. The highest BCUT2D eigenvalue weighted by molar-refractivity contribution is 7.91. The van der Waals surface area contributed by atoms with Gasteiger partial charge in [-0.25, -0.2) is 8.42 Å². The van der Waals surface area contributed by atoms with Crippen LogP contribution in [0.25, 0.3) is 0 Å². The molecule has 0 spiro atoms. The zero-order valence-corrected chi connectivity index (χ0v) is 12.0. The topological polar surface area (TPSA) is 84.5 Å². The Balaban J connectivity index is 3.48. The Morgan fingerprint density at radius 3 is 2.50 bits per heavy atom. The zero-order chi connectivity index (χ0) is 13.9. The van der Waals surface area contributed by atoms with E-state index in [1.807, 2.05) is 6.92 Å². The first-order chi connectivity index (χ1) is 8.52. The monoisotopic (exact) mass is 280 g/mol. The van der Waals surface area contributed by atoms with Crippen molar-refractivity contribution in [1.29, 1.82) is 0 Å². The molecule has 0 aliphatic carbocycles. The standard InChI is InChI=1S/C11H24N2O4S/c1-3-9-18(15,16)10-7-12-5-4-11(14)13-6-8-17-2/h12H,3-10H2,1-2H3,(H,13,14). The van der Waals surface area contributed by atoms with Gasteiger partial charge in [0.05, 0.1) is 12.4 Å². The van der Waals surface area contributed by atoms with Gasteiger partial charge < -0.3 is 15.4 Å². The summed E-state index contributed by atoms with van der Waals surface area (Å²) in [7, 11) is -1.36. The van der Waals surface area contributed by atoms with E-state index in [9.17, 15) is 13.2 Å². The fourth-order valence-corrected chi connectivity index (χ4v) is 2.63. The van der Waals surface area contributed by atoms with Gasteiger partial charge in [-0.05, 0) is 6.42 Å². The molecule has 0 aromatic heterocycles. The number of methoxy groups -OCH3 is 1. The van der Waals surface area contributed by atoms with Crippen molar-refractivity contribution in [2.45, 2.75) is 19.8 Å². The average Bonchev–Trinajstić information content (AvgIpc) is 2.28. The number of sulfone groups is 1. The van der Waals surface area contributed by atoms with Gasteiger partial charge in [-0.15, -0.1) is 0 Å². The summed E-state index contributed by atoms with van der Waals surface area (Å²) in [4.78, 5) is 11.3. The van der Waals surface area contributed by atoms with E-state index in [2.05, 4.69) is 10.6 Å². The maximum atomic E-state index is 11.4. The largest absolute Gasteiger partial charge is 0.383 e. The van der Waals surface area contributed by atoms with Crippen LogP contribution in [-0.2, 0) is 19.4 Å². The predicted molar refractivity (Wildman–Crippen MR) is 71.3 cm³/mol. The van der Waals surface area contributed by atoms with Crippen LogP contribution in [0.2, 0.25) is 0 Å². The van der Waals surface area contributed by atoms with Crippen molar-refractivity contribution in [3.8, 4) is 0 Å². The molecule has 0 saturated carbocycles. The van der Waals surface area contributed by atoms with Crippen LogP contribution in [0.4, 0.5) is 0 Å². The molecule has 0 bridgehead atoms. The van der Waals surface area contributed by atoms with Crippen LogP contribution in [0.15, 0.2) is 0 Å². The van der Waals surface area contributed by atoms with E-state index in [0.717, 1.165) is 0 Å². The molecule has 0 aliphatic heterocycles. The first-order valence-electron chi connectivity index (χ1n) is 6.18. The SMILES string of the molecule is CCCS(=O)(=O)CCNCCC(=O)NCCOC. The second-order valence-electron chi connectivity index (χ2n) is 3.99. The molecule has 2 N–H and O–H groups in total. The summed E-state index contributed by atoms with van der Waals surface area (Å²) in [5, 5.41) is 5.64. The van der Waals surface area contributed by atoms with E-state index < -0.39 is 9.84 Å². The lowest BCUT2D eigenvalue weighted by Gasteiger charge is -2.06. The number of carbonyl (C=O) groups excluding carboxylic acids is 1. The van der Waals surface area contributed by atoms with E-state index in [1.54, 1.807) is 7.11 Å². The summed E-state index contributed by atoms with van der Waals surface area (Å²) >= 11 is 0. The zero-order valence-electron chi connectivity index (χ0n) is 11.2. The molecule has 0 aliphatic rings. The number of ether oxygens (including phenoxy) is 1. The molecule has 6 nitrogen and oxygen atoms in total. The number of rotatable bonds is 11. The third kappa shape index (κ3) is 10.5. The van der Waals surface area contributed by atoms with Crippen LogP contribution in [0.3, 0.4) is 0 Å². The molecule has 0 saturated heterocycles. The Hall–Kier alpha value is -0.660. The summed E-state index contributed by atoms with van der Waals surface area (Å²) in [6.07, 6.45) is 0.988. The average molecular weight is 280 g/mol. The summed E-state index contributed by atoms with van der Waals surface area (Å²) in [6.45, 7) is 3.72. The van der Waals surface area contributed by atoms with Crippen molar-refractivity contribution >= 4 is 15.7 Å². The van der Waals surface area contributed by atoms with Crippen molar-refractivity contribution < 1.29 is 17.9 Å². The van der Waals surface area contributed by atoms with Gasteiger partial charge in [0.2, 0.25) is 5.91 Å². The molecule has 0 atom stereocenters. The molecular formula is C11H24N2O4S. The van der Waals surface area contributed by atoms with Crippen LogP contribution in [0, 0.1) is 0 Å². The number of carbonyl (C=O) groups is 1. The minimum Gasteiger partial charge on any atom is -0.383 e. The molecule has 1 amide bonds. The van der Waals surface area contributed by atoms with Crippen molar-refractivity contribution in [2.75, 3.05) is 44.9 Å². The maximum absolute atomic E-state index is 11.4. The highest BCUT2D eigenvalue weighted by atomic mass is 32.2. The molecule has 0 aromatic rings. The van der Waals surface area contributed by atoms with Crippen LogP contribution in [0.5, 0.6) is 0 Å². The van der Waals surface area contributed by atoms with E-state index >= 15 is 0 Å². The van der Waals surface area contributed by atoms with E-state index in [0.29, 0.717) is 39.1 Å². The van der Waals surface area contributed by atoms with Crippen LogP contribution in [-0.4, -0.2) is 59.2 Å². The van der Waals surface area contributed by atoms with Crippen molar-refractivity contribution in [3.63, 3.8) is 0 Å². The Labute approximate surface area is 109 Å². The maximum Gasteiger partial charge on any atom is 0.221 e. The normalized spacial score (nSPS) is 11.4. The van der Waals surface area contributed by atoms with Gasteiger partial charge in [-0.1, -0.05) is 6.92 Å². The quantitative estimate of drug-likeness (QED) is 0.501. The minimum absolute atomic E-state index is 0.0593. The summed E-state index contributed by atoms with van der Waals surface area (Å²) in [6, 6.07) is 0. The molecule has 0 fully saturated rings. The summed E-state index contributed by atoms with van der Waals surface area (Å²) < 4.78 is 27.5. The second kappa shape index (κ2) is 10.3. The lowest BCUT2D eigenvalue weighted by Crippen LogP contribution is -2.31. The summed E-state index contributed by atoms with van der Waals surface area (Å²) in [5.41, 5.74) is 0. The van der Waals surface area contributed by atoms with E-state index in [4.69, 9.17) is 4.74 Å². The molecule has 0 unspecified atom stereocenters. The van der Waals surface area contributed by atoms with E-state index in [1.165, 1.54) is 0 Å². The van der Waals surface area contributed by atoms with Crippen molar-refractivity contribution in [1.82, 2.24) is 10.6 Å². The Bertz CT molecular complexity index is 317. The smallest absolute Gasteiger partial charge is 0.221 e. The third-order valence-electron chi connectivity index (χ3n) is 2.26. The van der Waals surface area contributed by atoms with Crippen molar-refractivity contribution in [2.24, 2.45) is 0 Å². The fraction of sp³-hybridized carbons (Fsp3) is 0.909. The molecule has 7 heteroatoms. The lowest BCUT2D eigenvalue weighted by molar-refractivity contribution is -0.121. The first kappa shape index (κ1) is 17.3.